The van der Waals surface area contributed by atoms with E-state index in [0.717, 1.165) is 35.7 Å². The number of nitrogens with zero attached hydrogens (tertiary/aromatic N) is 2. The van der Waals surface area contributed by atoms with Crippen LogP contribution < -0.4 is 0 Å². The van der Waals surface area contributed by atoms with Crippen molar-refractivity contribution in [3.8, 4) is 0 Å². The van der Waals surface area contributed by atoms with Crippen molar-refractivity contribution >= 4 is 23.1 Å². The first kappa shape index (κ1) is 15.8. The SMILES string of the molecule is Cc1c(C=O)c2ccccc2n1CC(=O)N1C(C)CCCC1C. The average molecular weight is 312 g/mol. The molecule has 1 fully saturated rings. The molecule has 1 aromatic heterocycles. The topological polar surface area (TPSA) is 42.3 Å². The van der Waals surface area contributed by atoms with E-state index in [1.165, 1.54) is 6.42 Å². The van der Waals surface area contributed by atoms with Crippen LogP contribution in [0.1, 0.15) is 49.2 Å². The number of hydrogen-bond acceptors (Lipinski definition) is 2. The highest BCUT2D eigenvalue weighted by molar-refractivity contribution is 6.00. The van der Waals surface area contributed by atoms with Gasteiger partial charge in [-0.3, -0.25) is 9.59 Å². The van der Waals surface area contributed by atoms with E-state index >= 15 is 0 Å². The first-order chi connectivity index (χ1) is 11.0. The van der Waals surface area contributed by atoms with E-state index in [1.54, 1.807) is 0 Å². The number of rotatable bonds is 3. The molecule has 2 atom stereocenters. The lowest BCUT2D eigenvalue weighted by Gasteiger charge is -2.39. The average Bonchev–Trinajstić information content (AvgIpc) is 2.79. The first-order valence-corrected chi connectivity index (χ1v) is 8.38. The fourth-order valence-corrected chi connectivity index (χ4v) is 3.94. The van der Waals surface area contributed by atoms with Gasteiger partial charge in [0.25, 0.3) is 0 Å². The maximum atomic E-state index is 12.9. The summed E-state index contributed by atoms with van der Waals surface area (Å²) in [7, 11) is 0. The molecular weight excluding hydrogens is 288 g/mol. The normalized spacial score (nSPS) is 21.6. The summed E-state index contributed by atoms with van der Waals surface area (Å²) in [6, 6.07) is 8.38. The summed E-state index contributed by atoms with van der Waals surface area (Å²) in [5.74, 6) is 0.144. The standard InChI is InChI=1S/C19H24N2O2/c1-13-7-6-8-14(2)21(13)19(23)11-20-15(3)17(12-22)16-9-4-5-10-18(16)20/h4-5,9-10,12-14H,6-8,11H2,1-3H3. The fraction of sp³-hybridized carbons (Fsp3) is 0.474. The number of fused-ring (bicyclic) bond motifs is 1. The highest BCUT2D eigenvalue weighted by Gasteiger charge is 2.29. The molecule has 4 heteroatoms. The summed E-state index contributed by atoms with van der Waals surface area (Å²) in [4.78, 5) is 26.4. The molecule has 2 aromatic rings. The Bertz CT molecular complexity index is 737. The van der Waals surface area contributed by atoms with Crippen molar-refractivity contribution in [2.45, 2.75) is 58.7 Å². The number of likely N-dealkylation sites (tertiary alicyclic amines) is 1. The fourth-order valence-electron chi connectivity index (χ4n) is 3.94. The van der Waals surface area contributed by atoms with Crippen LogP contribution in [0.25, 0.3) is 10.9 Å². The molecule has 2 heterocycles. The van der Waals surface area contributed by atoms with E-state index in [2.05, 4.69) is 13.8 Å². The second kappa shape index (κ2) is 6.19. The Balaban J connectivity index is 1.97. The van der Waals surface area contributed by atoms with Crippen LogP contribution in [0.2, 0.25) is 0 Å². The predicted octanol–water partition coefficient (Wildman–Crippen LogP) is 3.55. The minimum absolute atomic E-state index is 0.144. The van der Waals surface area contributed by atoms with Crippen molar-refractivity contribution < 1.29 is 9.59 Å². The summed E-state index contributed by atoms with van der Waals surface area (Å²) < 4.78 is 1.98. The summed E-state index contributed by atoms with van der Waals surface area (Å²) in [6.07, 6.45) is 4.22. The van der Waals surface area contributed by atoms with Gasteiger partial charge in [0.2, 0.25) is 5.91 Å². The smallest absolute Gasteiger partial charge is 0.242 e. The Hall–Kier alpha value is -2.10. The lowest BCUT2D eigenvalue weighted by Crippen LogP contribution is -2.48. The van der Waals surface area contributed by atoms with E-state index in [0.29, 0.717) is 24.2 Å². The molecule has 0 radical (unpaired) electrons. The number of aldehydes is 1. The van der Waals surface area contributed by atoms with Gasteiger partial charge in [-0.2, -0.15) is 0 Å². The van der Waals surface area contributed by atoms with E-state index in [9.17, 15) is 9.59 Å². The van der Waals surface area contributed by atoms with Gasteiger partial charge in [0.05, 0.1) is 0 Å². The Morgan fingerprint density at radius 1 is 1.22 bits per heavy atom. The maximum Gasteiger partial charge on any atom is 0.242 e. The summed E-state index contributed by atoms with van der Waals surface area (Å²) in [5.41, 5.74) is 2.51. The molecule has 1 saturated heterocycles. The second-order valence-electron chi connectivity index (χ2n) is 6.65. The zero-order chi connectivity index (χ0) is 16.6. The van der Waals surface area contributed by atoms with Gasteiger partial charge < -0.3 is 9.47 Å². The predicted molar refractivity (Wildman–Crippen MR) is 91.7 cm³/mol. The number of amides is 1. The van der Waals surface area contributed by atoms with Crippen LogP contribution in [0.4, 0.5) is 0 Å². The molecule has 2 unspecified atom stereocenters. The lowest BCUT2D eigenvalue weighted by atomic mass is 9.97. The number of carbonyl (C=O) groups excluding carboxylic acids is 2. The molecule has 3 rings (SSSR count). The lowest BCUT2D eigenvalue weighted by molar-refractivity contribution is -0.137. The Morgan fingerprint density at radius 3 is 2.52 bits per heavy atom. The first-order valence-electron chi connectivity index (χ1n) is 8.38. The van der Waals surface area contributed by atoms with Crippen LogP contribution in [0.15, 0.2) is 24.3 Å². The number of benzene rings is 1. The van der Waals surface area contributed by atoms with Gasteiger partial charge in [0, 0.05) is 34.2 Å². The summed E-state index contributed by atoms with van der Waals surface area (Å²) >= 11 is 0. The van der Waals surface area contributed by atoms with Crippen LogP contribution in [-0.2, 0) is 11.3 Å². The highest BCUT2D eigenvalue weighted by atomic mass is 16.2. The van der Waals surface area contributed by atoms with E-state index in [4.69, 9.17) is 0 Å². The van der Waals surface area contributed by atoms with E-state index in [1.807, 2.05) is 40.7 Å². The van der Waals surface area contributed by atoms with Gasteiger partial charge in [0.1, 0.15) is 6.54 Å². The molecule has 0 bridgehead atoms. The molecule has 0 aliphatic carbocycles. The number of aromatic nitrogens is 1. The van der Waals surface area contributed by atoms with Crippen molar-refractivity contribution in [2.75, 3.05) is 0 Å². The molecule has 4 nitrogen and oxygen atoms in total. The molecular formula is C19H24N2O2. The van der Waals surface area contributed by atoms with Crippen molar-refractivity contribution in [3.63, 3.8) is 0 Å². The van der Waals surface area contributed by atoms with Crippen LogP contribution >= 0.6 is 0 Å². The Labute approximate surface area is 137 Å². The third-order valence-electron chi connectivity index (χ3n) is 5.17. The molecule has 1 aliphatic rings. The minimum Gasteiger partial charge on any atom is -0.336 e. The van der Waals surface area contributed by atoms with Crippen molar-refractivity contribution in [1.82, 2.24) is 9.47 Å². The molecule has 122 valence electrons. The van der Waals surface area contributed by atoms with Crippen molar-refractivity contribution in [1.29, 1.82) is 0 Å². The van der Waals surface area contributed by atoms with Gasteiger partial charge in [-0.1, -0.05) is 18.2 Å². The molecule has 1 aliphatic heterocycles. The number of piperidine rings is 1. The Morgan fingerprint density at radius 2 is 1.87 bits per heavy atom. The second-order valence-corrected chi connectivity index (χ2v) is 6.65. The van der Waals surface area contributed by atoms with Gasteiger partial charge in [0.15, 0.2) is 6.29 Å². The molecule has 0 saturated carbocycles. The maximum absolute atomic E-state index is 12.9. The molecule has 0 spiro atoms. The zero-order valence-corrected chi connectivity index (χ0v) is 14.1. The van der Waals surface area contributed by atoms with Crippen molar-refractivity contribution in [3.05, 3.63) is 35.5 Å². The molecule has 1 amide bonds. The number of carbonyl (C=O) groups is 2. The van der Waals surface area contributed by atoms with E-state index in [-0.39, 0.29) is 5.91 Å². The van der Waals surface area contributed by atoms with Gasteiger partial charge >= 0.3 is 0 Å². The number of para-hydroxylation sites is 1. The highest BCUT2D eigenvalue weighted by Crippen LogP contribution is 2.27. The summed E-state index contributed by atoms with van der Waals surface area (Å²) in [5, 5.41) is 0.924. The largest absolute Gasteiger partial charge is 0.336 e. The van der Waals surface area contributed by atoms with Gasteiger partial charge in [-0.05, 0) is 46.1 Å². The number of hydrogen-bond donors (Lipinski definition) is 0. The van der Waals surface area contributed by atoms with Crippen molar-refractivity contribution in [2.24, 2.45) is 0 Å². The van der Waals surface area contributed by atoms with Crippen LogP contribution in [0.5, 0.6) is 0 Å². The third-order valence-corrected chi connectivity index (χ3v) is 5.17. The summed E-state index contributed by atoms with van der Waals surface area (Å²) in [6.45, 7) is 6.48. The zero-order valence-electron chi connectivity index (χ0n) is 14.1. The van der Waals surface area contributed by atoms with E-state index < -0.39 is 0 Å². The minimum atomic E-state index is 0.144. The van der Waals surface area contributed by atoms with Crippen LogP contribution in [0.3, 0.4) is 0 Å². The molecule has 23 heavy (non-hydrogen) atoms. The van der Waals surface area contributed by atoms with Gasteiger partial charge in [-0.15, -0.1) is 0 Å². The van der Waals surface area contributed by atoms with Crippen LogP contribution in [-0.4, -0.2) is 33.7 Å². The third kappa shape index (κ3) is 2.67. The van der Waals surface area contributed by atoms with Gasteiger partial charge in [-0.25, -0.2) is 0 Å². The molecule has 1 aromatic carbocycles. The molecule has 0 N–H and O–H groups in total. The van der Waals surface area contributed by atoms with Crippen LogP contribution in [0, 0.1) is 6.92 Å². The quantitative estimate of drug-likeness (QED) is 0.813. The monoisotopic (exact) mass is 312 g/mol. The Kier molecular flexibility index (Phi) is 4.24.